The molecule has 5 nitrogen and oxygen atoms in total. The van der Waals surface area contributed by atoms with E-state index < -0.39 is 18.2 Å². The summed E-state index contributed by atoms with van der Waals surface area (Å²) in [7, 11) is 0. The van der Waals surface area contributed by atoms with Gasteiger partial charge >= 0.3 is 11.9 Å². The fraction of sp³-hybridized carbons (Fsp3) is 0.0526. The molecule has 0 spiro atoms. The van der Waals surface area contributed by atoms with Crippen molar-refractivity contribution in [3.63, 3.8) is 0 Å². The molecule has 0 radical (unpaired) electrons. The summed E-state index contributed by atoms with van der Waals surface area (Å²) in [4.78, 5) is 23.6. The van der Waals surface area contributed by atoms with Crippen LogP contribution in [0.5, 0.6) is 11.5 Å². The Labute approximate surface area is 139 Å². The standard InChI is InChI=1S/C19H16O5/c1-3-17(20)24-18(4-2)23-16-13-9-8-12-15(16)19(21)22-14-10-6-5-7-11-14/h3-13,18H,1-2H2. The first kappa shape index (κ1) is 17.0. The van der Waals surface area contributed by atoms with Crippen molar-refractivity contribution in [1.29, 1.82) is 0 Å². The van der Waals surface area contributed by atoms with E-state index in [1.54, 1.807) is 48.5 Å². The van der Waals surface area contributed by atoms with E-state index in [0.717, 1.165) is 6.08 Å². The molecule has 0 aromatic heterocycles. The van der Waals surface area contributed by atoms with Crippen LogP contribution in [-0.4, -0.2) is 18.2 Å². The second-order valence-electron chi connectivity index (χ2n) is 4.56. The summed E-state index contributed by atoms with van der Waals surface area (Å²) < 4.78 is 15.8. The molecule has 0 amide bonds. The molecule has 0 aliphatic heterocycles. The van der Waals surface area contributed by atoms with Gasteiger partial charge in [0.05, 0.1) is 0 Å². The van der Waals surface area contributed by atoms with Crippen LogP contribution in [0.15, 0.2) is 79.9 Å². The highest BCUT2D eigenvalue weighted by Crippen LogP contribution is 2.22. The van der Waals surface area contributed by atoms with Crippen molar-refractivity contribution in [2.45, 2.75) is 6.29 Å². The lowest BCUT2D eigenvalue weighted by atomic mass is 10.2. The quantitative estimate of drug-likeness (QED) is 0.256. The van der Waals surface area contributed by atoms with Crippen molar-refractivity contribution in [3.05, 3.63) is 85.5 Å². The average Bonchev–Trinajstić information content (AvgIpc) is 2.62. The van der Waals surface area contributed by atoms with E-state index in [-0.39, 0.29) is 11.3 Å². The monoisotopic (exact) mass is 324 g/mol. The maximum Gasteiger partial charge on any atom is 0.347 e. The van der Waals surface area contributed by atoms with Crippen molar-refractivity contribution in [3.8, 4) is 11.5 Å². The van der Waals surface area contributed by atoms with Gasteiger partial charge in [0.1, 0.15) is 17.1 Å². The Hall–Kier alpha value is -3.34. The molecule has 0 aliphatic carbocycles. The minimum absolute atomic E-state index is 0.197. The molecule has 122 valence electrons. The predicted octanol–water partition coefficient (Wildman–Crippen LogP) is 3.53. The molecule has 0 saturated heterocycles. The van der Waals surface area contributed by atoms with Gasteiger partial charge in [0.2, 0.25) is 0 Å². The summed E-state index contributed by atoms with van der Waals surface area (Å²) in [6.07, 6.45) is 1.25. The van der Waals surface area contributed by atoms with E-state index in [0.29, 0.717) is 5.75 Å². The van der Waals surface area contributed by atoms with Gasteiger partial charge in [-0.25, -0.2) is 9.59 Å². The van der Waals surface area contributed by atoms with Crippen LogP contribution in [0.25, 0.3) is 0 Å². The van der Waals surface area contributed by atoms with Crippen molar-refractivity contribution in [2.24, 2.45) is 0 Å². The maximum atomic E-state index is 12.3. The lowest BCUT2D eigenvalue weighted by Gasteiger charge is -2.17. The minimum atomic E-state index is -1.05. The lowest BCUT2D eigenvalue weighted by molar-refractivity contribution is -0.151. The van der Waals surface area contributed by atoms with Gasteiger partial charge in [-0.3, -0.25) is 0 Å². The van der Waals surface area contributed by atoms with E-state index in [2.05, 4.69) is 13.2 Å². The smallest absolute Gasteiger partial charge is 0.347 e. The van der Waals surface area contributed by atoms with E-state index in [1.165, 1.54) is 6.08 Å². The second kappa shape index (κ2) is 8.33. The molecule has 0 saturated carbocycles. The minimum Gasteiger partial charge on any atom is -0.450 e. The van der Waals surface area contributed by atoms with Gasteiger partial charge < -0.3 is 14.2 Å². The number of para-hydroxylation sites is 2. The van der Waals surface area contributed by atoms with Crippen LogP contribution < -0.4 is 9.47 Å². The maximum absolute atomic E-state index is 12.3. The molecule has 0 bridgehead atoms. The summed E-state index contributed by atoms with van der Waals surface area (Å²) in [6, 6.07) is 15.1. The van der Waals surface area contributed by atoms with Crippen LogP contribution in [0, 0.1) is 0 Å². The number of carbonyl (C=O) groups is 2. The van der Waals surface area contributed by atoms with E-state index in [9.17, 15) is 9.59 Å². The zero-order valence-electron chi connectivity index (χ0n) is 12.9. The van der Waals surface area contributed by atoms with Gasteiger partial charge in [-0.1, -0.05) is 43.5 Å². The normalized spacial score (nSPS) is 11.0. The van der Waals surface area contributed by atoms with Crippen LogP contribution in [0.1, 0.15) is 10.4 Å². The third-order valence-electron chi connectivity index (χ3n) is 2.90. The number of ether oxygens (including phenoxy) is 3. The first-order valence-corrected chi connectivity index (χ1v) is 7.12. The fourth-order valence-corrected chi connectivity index (χ4v) is 1.80. The number of hydrogen-bond donors (Lipinski definition) is 0. The van der Waals surface area contributed by atoms with E-state index >= 15 is 0 Å². The third-order valence-corrected chi connectivity index (χ3v) is 2.90. The molecule has 0 heterocycles. The highest BCUT2D eigenvalue weighted by Gasteiger charge is 2.18. The van der Waals surface area contributed by atoms with Gasteiger partial charge in [0.25, 0.3) is 6.29 Å². The van der Waals surface area contributed by atoms with Crippen LogP contribution in [-0.2, 0) is 9.53 Å². The molecular weight excluding hydrogens is 308 g/mol. The Bertz CT molecular complexity index is 736. The Morgan fingerprint density at radius 2 is 1.62 bits per heavy atom. The molecule has 2 aromatic carbocycles. The molecule has 0 N–H and O–H groups in total. The first-order valence-electron chi connectivity index (χ1n) is 7.12. The number of carbonyl (C=O) groups excluding carboxylic acids is 2. The topological polar surface area (TPSA) is 61.8 Å². The number of hydrogen-bond acceptors (Lipinski definition) is 5. The van der Waals surface area contributed by atoms with Crippen molar-refractivity contribution in [1.82, 2.24) is 0 Å². The van der Waals surface area contributed by atoms with Gasteiger partial charge in [0.15, 0.2) is 0 Å². The summed E-state index contributed by atoms with van der Waals surface area (Å²) in [5.74, 6) is -0.630. The van der Waals surface area contributed by atoms with Crippen molar-refractivity contribution in [2.75, 3.05) is 0 Å². The lowest BCUT2D eigenvalue weighted by Crippen LogP contribution is -2.22. The van der Waals surface area contributed by atoms with Gasteiger partial charge in [-0.05, 0) is 30.3 Å². The zero-order valence-corrected chi connectivity index (χ0v) is 12.9. The summed E-state index contributed by atoms with van der Waals surface area (Å²) in [6.45, 7) is 6.84. The fourth-order valence-electron chi connectivity index (χ4n) is 1.80. The van der Waals surface area contributed by atoms with Gasteiger partial charge in [-0.15, -0.1) is 0 Å². The molecule has 0 fully saturated rings. The summed E-state index contributed by atoms with van der Waals surface area (Å²) >= 11 is 0. The molecular formula is C19H16O5. The van der Waals surface area contributed by atoms with Crippen LogP contribution in [0.4, 0.5) is 0 Å². The molecule has 2 rings (SSSR count). The predicted molar refractivity (Wildman–Crippen MR) is 88.7 cm³/mol. The van der Waals surface area contributed by atoms with Crippen LogP contribution in [0.2, 0.25) is 0 Å². The van der Waals surface area contributed by atoms with Crippen molar-refractivity contribution < 1.29 is 23.8 Å². The molecule has 1 unspecified atom stereocenters. The SMILES string of the molecule is C=CC(=O)OC(C=C)Oc1ccccc1C(=O)Oc1ccccc1. The Kier molecular flexibility index (Phi) is 5.91. The van der Waals surface area contributed by atoms with Gasteiger partial charge in [-0.2, -0.15) is 0 Å². The molecule has 5 heteroatoms. The zero-order chi connectivity index (χ0) is 17.4. The Morgan fingerprint density at radius 3 is 2.29 bits per heavy atom. The summed E-state index contributed by atoms with van der Waals surface area (Å²) in [5.41, 5.74) is 0.197. The summed E-state index contributed by atoms with van der Waals surface area (Å²) in [5, 5.41) is 0. The van der Waals surface area contributed by atoms with E-state index in [4.69, 9.17) is 14.2 Å². The molecule has 0 aliphatic rings. The number of esters is 2. The number of rotatable bonds is 7. The van der Waals surface area contributed by atoms with E-state index in [1.807, 2.05) is 6.07 Å². The highest BCUT2D eigenvalue weighted by atomic mass is 16.7. The second-order valence-corrected chi connectivity index (χ2v) is 4.56. The number of benzene rings is 2. The largest absolute Gasteiger partial charge is 0.450 e. The van der Waals surface area contributed by atoms with Crippen LogP contribution >= 0.6 is 0 Å². The van der Waals surface area contributed by atoms with Crippen LogP contribution in [0.3, 0.4) is 0 Å². The third kappa shape index (κ3) is 4.58. The Morgan fingerprint density at radius 1 is 0.958 bits per heavy atom. The average molecular weight is 324 g/mol. The first-order chi connectivity index (χ1) is 11.6. The van der Waals surface area contributed by atoms with Crippen molar-refractivity contribution >= 4 is 11.9 Å². The molecule has 1 atom stereocenters. The van der Waals surface area contributed by atoms with Gasteiger partial charge in [0, 0.05) is 6.08 Å². The molecule has 24 heavy (non-hydrogen) atoms. The highest BCUT2D eigenvalue weighted by molar-refractivity contribution is 5.94. The Balaban J connectivity index is 2.17. The molecule has 2 aromatic rings.